The van der Waals surface area contributed by atoms with E-state index in [0.717, 1.165) is 10.7 Å². The summed E-state index contributed by atoms with van der Waals surface area (Å²) in [6, 6.07) is 2.93. The number of carbonyl (C=O) groups excluding carboxylic acids is 2. The van der Waals surface area contributed by atoms with Gasteiger partial charge in [-0.2, -0.15) is 0 Å². The second-order valence-electron chi connectivity index (χ2n) is 4.84. The Balaban J connectivity index is 1.69. The molecule has 0 atom stereocenters. The molecular formula is C14H18N4O3S. The van der Waals surface area contributed by atoms with Crippen LogP contribution in [-0.2, 0) is 17.9 Å². The van der Waals surface area contributed by atoms with E-state index in [2.05, 4.69) is 15.6 Å². The molecule has 7 nitrogen and oxygen atoms in total. The van der Waals surface area contributed by atoms with Crippen LogP contribution in [0.15, 0.2) is 28.2 Å². The summed E-state index contributed by atoms with van der Waals surface area (Å²) in [4.78, 5) is 29.5. The lowest BCUT2D eigenvalue weighted by atomic mass is 10.4. The van der Waals surface area contributed by atoms with Gasteiger partial charge < -0.3 is 9.73 Å². The summed E-state index contributed by atoms with van der Waals surface area (Å²) in [6.07, 6.45) is 1.52. The highest BCUT2D eigenvalue weighted by Gasteiger charge is 2.12. The minimum absolute atomic E-state index is 0.116. The molecule has 0 spiro atoms. The zero-order valence-corrected chi connectivity index (χ0v) is 13.3. The Morgan fingerprint density at radius 1 is 1.45 bits per heavy atom. The minimum Gasteiger partial charge on any atom is -0.467 e. The Morgan fingerprint density at radius 3 is 2.91 bits per heavy atom. The predicted octanol–water partition coefficient (Wildman–Crippen LogP) is 1.50. The van der Waals surface area contributed by atoms with Crippen molar-refractivity contribution in [1.82, 2.24) is 20.5 Å². The van der Waals surface area contributed by atoms with Crippen molar-refractivity contribution in [3.63, 3.8) is 0 Å². The number of rotatable bonds is 6. The molecule has 0 unspecified atom stereocenters. The average molecular weight is 322 g/mol. The van der Waals surface area contributed by atoms with E-state index < -0.39 is 6.03 Å². The maximum atomic E-state index is 11.8. The van der Waals surface area contributed by atoms with Crippen molar-refractivity contribution in [3.05, 3.63) is 40.2 Å². The first-order chi connectivity index (χ1) is 10.5. The van der Waals surface area contributed by atoms with E-state index in [9.17, 15) is 9.59 Å². The Labute approximate surface area is 132 Å². The molecular weight excluding hydrogens is 304 g/mol. The molecule has 118 valence electrons. The summed E-state index contributed by atoms with van der Waals surface area (Å²) in [7, 11) is 1.80. The molecule has 8 heteroatoms. The van der Waals surface area contributed by atoms with Gasteiger partial charge in [-0.15, -0.1) is 11.3 Å². The number of imide groups is 1. The van der Waals surface area contributed by atoms with Crippen molar-refractivity contribution in [2.75, 3.05) is 13.6 Å². The summed E-state index contributed by atoms with van der Waals surface area (Å²) in [6.45, 7) is 2.85. The highest BCUT2D eigenvalue weighted by Crippen LogP contribution is 2.09. The van der Waals surface area contributed by atoms with E-state index in [1.54, 1.807) is 35.4 Å². The average Bonchev–Trinajstić information content (AvgIpc) is 3.07. The van der Waals surface area contributed by atoms with E-state index in [1.165, 1.54) is 6.26 Å². The number of hydrogen-bond donors (Lipinski definition) is 2. The van der Waals surface area contributed by atoms with E-state index >= 15 is 0 Å². The van der Waals surface area contributed by atoms with Crippen molar-refractivity contribution in [1.29, 1.82) is 0 Å². The largest absolute Gasteiger partial charge is 0.467 e. The molecule has 3 amide bonds. The van der Waals surface area contributed by atoms with E-state index in [4.69, 9.17) is 4.42 Å². The number of amides is 3. The molecule has 2 rings (SSSR count). The first kappa shape index (κ1) is 16.2. The monoisotopic (exact) mass is 322 g/mol. The topological polar surface area (TPSA) is 87.5 Å². The highest BCUT2D eigenvalue weighted by molar-refractivity contribution is 7.09. The molecule has 0 aliphatic carbocycles. The fraction of sp³-hybridized carbons (Fsp3) is 0.357. The molecule has 0 aromatic carbocycles. The fourth-order valence-corrected chi connectivity index (χ4v) is 2.45. The highest BCUT2D eigenvalue weighted by atomic mass is 32.1. The van der Waals surface area contributed by atoms with Crippen LogP contribution in [0.2, 0.25) is 0 Å². The Morgan fingerprint density at radius 2 is 2.27 bits per heavy atom. The van der Waals surface area contributed by atoms with Gasteiger partial charge in [-0.25, -0.2) is 9.78 Å². The Hall–Kier alpha value is -2.19. The minimum atomic E-state index is -0.542. The van der Waals surface area contributed by atoms with Gasteiger partial charge in [0.25, 0.3) is 0 Å². The Bertz CT molecular complexity index is 624. The van der Waals surface area contributed by atoms with Crippen molar-refractivity contribution >= 4 is 23.3 Å². The van der Waals surface area contributed by atoms with Crippen molar-refractivity contribution < 1.29 is 14.0 Å². The third-order valence-electron chi connectivity index (χ3n) is 2.77. The standard InChI is InChI=1S/C14H18N4O3S/c1-10-16-11(9-22-10)7-18(2)8-13(19)17-14(20)15-6-12-4-3-5-21-12/h3-5,9H,6-8H2,1-2H3,(H2,15,17,19,20). The summed E-state index contributed by atoms with van der Waals surface area (Å²) in [5.41, 5.74) is 0.917. The van der Waals surface area contributed by atoms with Gasteiger partial charge in [0.1, 0.15) is 5.76 Å². The molecule has 2 aromatic rings. The summed E-state index contributed by atoms with van der Waals surface area (Å²) in [5.74, 6) is 0.255. The molecule has 0 aliphatic heterocycles. The van der Waals surface area contributed by atoms with Crippen molar-refractivity contribution in [3.8, 4) is 0 Å². The van der Waals surface area contributed by atoms with Crippen LogP contribution >= 0.6 is 11.3 Å². The predicted molar refractivity (Wildman–Crippen MR) is 82.3 cm³/mol. The number of nitrogens with one attached hydrogen (secondary N) is 2. The van der Waals surface area contributed by atoms with E-state index in [0.29, 0.717) is 12.3 Å². The number of thiazole rings is 1. The van der Waals surface area contributed by atoms with Crippen LogP contribution < -0.4 is 10.6 Å². The number of hydrogen-bond acceptors (Lipinski definition) is 6. The van der Waals surface area contributed by atoms with Gasteiger partial charge in [0, 0.05) is 11.9 Å². The number of carbonyl (C=O) groups is 2. The third-order valence-corrected chi connectivity index (χ3v) is 3.59. The fourth-order valence-electron chi connectivity index (χ4n) is 1.85. The summed E-state index contributed by atoms with van der Waals surface area (Å²) < 4.78 is 5.08. The van der Waals surface area contributed by atoms with Gasteiger partial charge in [0.15, 0.2) is 0 Å². The first-order valence-electron chi connectivity index (χ1n) is 6.72. The van der Waals surface area contributed by atoms with Gasteiger partial charge in [0.05, 0.1) is 30.1 Å². The lowest BCUT2D eigenvalue weighted by molar-refractivity contribution is -0.121. The molecule has 2 aromatic heterocycles. The van der Waals surface area contributed by atoms with Crippen LogP contribution in [-0.4, -0.2) is 35.4 Å². The third kappa shape index (κ3) is 5.30. The summed E-state index contributed by atoms with van der Waals surface area (Å²) in [5, 5.41) is 7.77. The molecule has 0 saturated carbocycles. The zero-order valence-electron chi connectivity index (χ0n) is 12.5. The van der Waals surface area contributed by atoms with Gasteiger partial charge in [0.2, 0.25) is 5.91 Å². The normalized spacial score (nSPS) is 10.7. The van der Waals surface area contributed by atoms with Crippen LogP contribution in [0.3, 0.4) is 0 Å². The lowest BCUT2D eigenvalue weighted by Crippen LogP contribution is -2.43. The second kappa shape index (κ2) is 7.71. The van der Waals surface area contributed by atoms with E-state index in [-0.39, 0.29) is 19.0 Å². The molecule has 0 aliphatic rings. The van der Waals surface area contributed by atoms with E-state index in [1.807, 2.05) is 12.3 Å². The number of nitrogens with zero attached hydrogens (tertiary/aromatic N) is 2. The zero-order chi connectivity index (χ0) is 15.9. The number of aryl methyl sites for hydroxylation is 1. The maximum absolute atomic E-state index is 11.8. The van der Waals surface area contributed by atoms with Gasteiger partial charge in [-0.3, -0.25) is 15.0 Å². The van der Waals surface area contributed by atoms with Gasteiger partial charge in [-0.05, 0) is 26.1 Å². The second-order valence-corrected chi connectivity index (χ2v) is 5.90. The number of likely N-dealkylation sites (N-methyl/N-ethyl adjacent to an activating group) is 1. The summed E-state index contributed by atoms with van der Waals surface area (Å²) >= 11 is 1.57. The first-order valence-corrected chi connectivity index (χ1v) is 7.60. The smallest absolute Gasteiger partial charge is 0.321 e. The molecule has 0 saturated heterocycles. The molecule has 0 bridgehead atoms. The van der Waals surface area contributed by atoms with Crippen LogP contribution in [0, 0.1) is 6.92 Å². The maximum Gasteiger partial charge on any atom is 0.321 e. The number of furan rings is 1. The molecule has 2 N–H and O–H groups in total. The number of aromatic nitrogens is 1. The molecule has 2 heterocycles. The number of urea groups is 1. The quantitative estimate of drug-likeness (QED) is 0.841. The van der Waals surface area contributed by atoms with Gasteiger partial charge >= 0.3 is 6.03 Å². The molecule has 0 fully saturated rings. The van der Waals surface area contributed by atoms with Crippen molar-refractivity contribution in [2.24, 2.45) is 0 Å². The molecule has 22 heavy (non-hydrogen) atoms. The lowest BCUT2D eigenvalue weighted by Gasteiger charge is -2.14. The van der Waals surface area contributed by atoms with Crippen molar-refractivity contribution in [2.45, 2.75) is 20.0 Å². The SMILES string of the molecule is Cc1nc(CN(C)CC(=O)NC(=O)NCc2ccco2)cs1. The van der Waals surface area contributed by atoms with Crippen LogP contribution in [0.1, 0.15) is 16.5 Å². The van der Waals surface area contributed by atoms with Crippen LogP contribution in [0.5, 0.6) is 0 Å². The molecule has 0 radical (unpaired) electrons. The van der Waals surface area contributed by atoms with Gasteiger partial charge in [-0.1, -0.05) is 0 Å². The van der Waals surface area contributed by atoms with Crippen LogP contribution in [0.25, 0.3) is 0 Å². The van der Waals surface area contributed by atoms with Crippen LogP contribution in [0.4, 0.5) is 4.79 Å². The Kier molecular flexibility index (Phi) is 5.68.